The monoisotopic (exact) mass is 289 g/mol. The van der Waals surface area contributed by atoms with Crippen LogP contribution in [-0.2, 0) is 0 Å². The standard InChI is InChI=1S/C16H27N5/c1-4-8-17-14-12-21-11-10-19-16(21)15(20-14)18-9-6-5-7-13(2)3/h10-13,17H,4-9H2,1-3H3,(H,18,20). The number of fused-ring (bicyclic) bond motifs is 1. The van der Waals surface area contributed by atoms with Crippen LogP contribution in [0.4, 0.5) is 11.6 Å². The summed E-state index contributed by atoms with van der Waals surface area (Å²) in [6, 6.07) is 0. The maximum Gasteiger partial charge on any atom is 0.180 e. The van der Waals surface area contributed by atoms with Crippen LogP contribution >= 0.6 is 0 Å². The first-order valence-electron chi connectivity index (χ1n) is 8.02. The van der Waals surface area contributed by atoms with Gasteiger partial charge in [0.1, 0.15) is 5.82 Å². The van der Waals surface area contributed by atoms with Crippen LogP contribution in [-0.4, -0.2) is 27.5 Å². The molecule has 2 aromatic rings. The predicted octanol–water partition coefficient (Wildman–Crippen LogP) is 3.79. The van der Waals surface area contributed by atoms with Crippen molar-refractivity contribution in [2.75, 3.05) is 23.7 Å². The molecule has 0 unspecified atom stereocenters. The van der Waals surface area contributed by atoms with Gasteiger partial charge in [0.2, 0.25) is 0 Å². The fraction of sp³-hybridized carbons (Fsp3) is 0.625. The largest absolute Gasteiger partial charge is 0.369 e. The van der Waals surface area contributed by atoms with Crippen molar-refractivity contribution in [1.29, 1.82) is 0 Å². The number of aromatic nitrogens is 3. The van der Waals surface area contributed by atoms with E-state index in [0.717, 1.165) is 42.7 Å². The van der Waals surface area contributed by atoms with Gasteiger partial charge in [0.25, 0.3) is 0 Å². The van der Waals surface area contributed by atoms with E-state index in [2.05, 4.69) is 41.4 Å². The third-order valence-corrected chi connectivity index (χ3v) is 3.43. The SMILES string of the molecule is CCCNc1cn2ccnc2c(NCCCCC(C)C)n1. The minimum atomic E-state index is 0.781. The maximum absolute atomic E-state index is 4.64. The van der Waals surface area contributed by atoms with E-state index in [-0.39, 0.29) is 0 Å². The summed E-state index contributed by atoms with van der Waals surface area (Å²) < 4.78 is 2.02. The summed E-state index contributed by atoms with van der Waals surface area (Å²) in [5.74, 6) is 2.54. The van der Waals surface area contributed by atoms with Crippen molar-refractivity contribution in [2.45, 2.75) is 46.5 Å². The summed E-state index contributed by atoms with van der Waals surface area (Å²) in [5.41, 5.74) is 0.890. The molecule has 0 aliphatic heterocycles. The second-order valence-corrected chi connectivity index (χ2v) is 5.88. The average molecular weight is 289 g/mol. The second-order valence-electron chi connectivity index (χ2n) is 5.88. The molecular weight excluding hydrogens is 262 g/mol. The van der Waals surface area contributed by atoms with Gasteiger partial charge in [-0.25, -0.2) is 9.97 Å². The van der Waals surface area contributed by atoms with E-state index in [1.807, 2.05) is 23.0 Å². The van der Waals surface area contributed by atoms with Crippen LogP contribution in [0.15, 0.2) is 18.6 Å². The third kappa shape index (κ3) is 4.62. The van der Waals surface area contributed by atoms with Crippen LogP contribution in [0.5, 0.6) is 0 Å². The molecule has 0 spiro atoms. The zero-order chi connectivity index (χ0) is 15.1. The van der Waals surface area contributed by atoms with Gasteiger partial charge in [0.05, 0.1) is 6.20 Å². The first-order valence-corrected chi connectivity index (χ1v) is 8.02. The Hall–Kier alpha value is -1.78. The van der Waals surface area contributed by atoms with Crippen LogP contribution in [0.25, 0.3) is 5.65 Å². The molecule has 0 saturated heterocycles. The fourth-order valence-electron chi connectivity index (χ4n) is 2.27. The van der Waals surface area contributed by atoms with E-state index in [9.17, 15) is 0 Å². The second kappa shape index (κ2) is 7.86. The lowest BCUT2D eigenvalue weighted by Crippen LogP contribution is -2.09. The predicted molar refractivity (Wildman–Crippen MR) is 88.9 cm³/mol. The van der Waals surface area contributed by atoms with Crippen LogP contribution in [0.3, 0.4) is 0 Å². The van der Waals surface area contributed by atoms with Crippen LogP contribution in [0, 0.1) is 5.92 Å². The van der Waals surface area contributed by atoms with Crippen molar-refractivity contribution >= 4 is 17.3 Å². The number of unbranched alkanes of at least 4 members (excludes halogenated alkanes) is 1. The Morgan fingerprint density at radius 3 is 2.81 bits per heavy atom. The maximum atomic E-state index is 4.64. The molecule has 0 bridgehead atoms. The van der Waals surface area contributed by atoms with E-state index in [1.165, 1.54) is 19.3 Å². The van der Waals surface area contributed by atoms with Gasteiger partial charge in [-0.1, -0.05) is 33.6 Å². The van der Waals surface area contributed by atoms with E-state index >= 15 is 0 Å². The summed E-state index contributed by atoms with van der Waals surface area (Å²) in [5, 5.41) is 6.76. The van der Waals surface area contributed by atoms with Crippen molar-refractivity contribution in [2.24, 2.45) is 5.92 Å². The molecule has 2 N–H and O–H groups in total. The highest BCUT2D eigenvalue weighted by molar-refractivity contribution is 5.65. The highest BCUT2D eigenvalue weighted by Crippen LogP contribution is 2.16. The molecule has 0 aromatic carbocycles. The molecule has 2 aromatic heterocycles. The van der Waals surface area contributed by atoms with Gasteiger partial charge in [-0.2, -0.15) is 0 Å². The molecule has 0 saturated carbocycles. The summed E-state index contributed by atoms with van der Waals surface area (Å²) in [6.07, 6.45) is 10.5. The zero-order valence-corrected chi connectivity index (χ0v) is 13.4. The Morgan fingerprint density at radius 2 is 2.05 bits per heavy atom. The van der Waals surface area contributed by atoms with Crippen LogP contribution in [0.2, 0.25) is 0 Å². The molecule has 5 nitrogen and oxygen atoms in total. The van der Waals surface area contributed by atoms with Gasteiger partial charge in [-0.05, 0) is 18.8 Å². The van der Waals surface area contributed by atoms with Gasteiger partial charge in [-0.15, -0.1) is 0 Å². The number of anilines is 2. The lowest BCUT2D eigenvalue weighted by atomic mass is 10.1. The van der Waals surface area contributed by atoms with E-state index < -0.39 is 0 Å². The summed E-state index contributed by atoms with van der Waals surface area (Å²) in [6.45, 7) is 8.56. The molecule has 5 heteroatoms. The Balaban J connectivity index is 1.98. The number of rotatable bonds is 9. The quantitative estimate of drug-likeness (QED) is 0.690. The molecule has 2 rings (SSSR count). The molecule has 0 amide bonds. The first-order chi connectivity index (χ1) is 10.2. The Bertz CT molecular complexity index is 547. The zero-order valence-electron chi connectivity index (χ0n) is 13.4. The number of nitrogens with one attached hydrogen (secondary N) is 2. The van der Waals surface area contributed by atoms with Crippen molar-refractivity contribution in [3.63, 3.8) is 0 Å². The van der Waals surface area contributed by atoms with Crippen LogP contribution < -0.4 is 10.6 Å². The Morgan fingerprint density at radius 1 is 1.19 bits per heavy atom. The molecule has 2 heterocycles. The van der Waals surface area contributed by atoms with Crippen molar-refractivity contribution in [3.05, 3.63) is 18.6 Å². The summed E-state index contributed by atoms with van der Waals surface area (Å²) >= 11 is 0. The molecule has 0 radical (unpaired) electrons. The topological polar surface area (TPSA) is 54.2 Å². The molecule has 21 heavy (non-hydrogen) atoms. The smallest absolute Gasteiger partial charge is 0.180 e. The fourth-order valence-corrected chi connectivity index (χ4v) is 2.27. The molecule has 116 valence electrons. The number of imidazole rings is 1. The Kier molecular flexibility index (Phi) is 5.84. The lowest BCUT2D eigenvalue weighted by Gasteiger charge is -2.11. The van der Waals surface area contributed by atoms with E-state index in [0.29, 0.717) is 0 Å². The molecule has 0 aliphatic rings. The van der Waals surface area contributed by atoms with E-state index in [1.54, 1.807) is 0 Å². The number of hydrogen-bond donors (Lipinski definition) is 2. The van der Waals surface area contributed by atoms with Crippen molar-refractivity contribution in [1.82, 2.24) is 14.4 Å². The van der Waals surface area contributed by atoms with Gasteiger partial charge in [0, 0.05) is 25.5 Å². The normalized spacial score (nSPS) is 11.2. The van der Waals surface area contributed by atoms with Crippen molar-refractivity contribution < 1.29 is 0 Å². The highest BCUT2D eigenvalue weighted by Gasteiger charge is 2.06. The third-order valence-electron chi connectivity index (χ3n) is 3.43. The van der Waals surface area contributed by atoms with Gasteiger partial charge >= 0.3 is 0 Å². The number of hydrogen-bond acceptors (Lipinski definition) is 4. The lowest BCUT2D eigenvalue weighted by molar-refractivity contribution is 0.544. The highest BCUT2D eigenvalue weighted by atomic mass is 15.1. The number of nitrogens with zero attached hydrogens (tertiary/aromatic N) is 3. The van der Waals surface area contributed by atoms with Crippen LogP contribution in [0.1, 0.15) is 46.5 Å². The first kappa shape index (κ1) is 15.6. The minimum absolute atomic E-state index is 0.781. The Labute approximate surface area is 127 Å². The summed E-state index contributed by atoms with van der Waals surface area (Å²) in [7, 11) is 0. The molecule has 0 atom stereocenters. The van der Waals surface area contributed by atoms with E-state index in [4.69, 9.17) is 0 Å². The van der Waals surface area contributed by atoms with Crippen molar-refractivity contribution in [3.8, 4) is 0 Å². The molecular formula is C16H27N5. The summed E-state index contributed by atoms with van der Waals surface area (Å²) in [4.78, 5) is 9.02. The van der Waals surface area contributed by atoms with Gasteiger partial charge < -0.3 is 15.0 Å². The molecule has 0 fully saturated rings. The van der Waals surface area contributed by atoms with Gasteiger partial charge in [0.15, 0.2) is 11.5 Å². The van der Waals surface area contributed by atoms with Gasteiger partial charge in [-0.3, -0.25) is 0 Å². The molecule has 0 aliphatic carbocycles. The average Bonchev–Trinajstić information content (AvgIpc) is 2.92. The minimum Gasteiger partial charge on any atom is -0.369 e.